The second-order valence-electron chi connectivity index (χ2n) is 6.23. The minimum Gasteiger partial charge on any atom is -0.395 e. The molecule has 6 nitrogen and oxygen atoms in total. The van der Waals surface area contributed by atoms with E-state index in [0.29, 0.717) is 16.9 Å². The molecule has 4 aromatic rings. The van der Waals surface area contributed by atoms with E-state index in [4.69, 9.17) is 5.11 Å². The fourth-order valence-corrected chi connectivity index (χ4v) is 2.99. The van der Waals surface area contributed by atoms with Crippen molar-refractivity contribution in [3.63, 3.8) is 0 Å². The van der Waals surface area contributed by atoms with Crippen molar-refractivity contribution in [2.75, 3.05) is 13.2 Å². The first-order valence-corrected chi connectivity index (χ1v) is 8.76. The number of hydrogen-bond donors (Lipinski definition) is 3. The number of rotatable bonds is 5. The summed E-state index contributed by atoms with van der Waals surface area (Å²) in [5.74, 6) is -0.550. The highest BCUT2D eigenvalue weighted by molar-refractivity contribution is 5.96. The van der Waals surface area contributed by atoms with Crippen molar-refractivity contribution < 1.29 is 14.3 Å². The number of nitrogens with one attached hydrogen (secondary N) is 2. The molecule has 0 saturated heterocycles. The number of carbonyl (C=O) groups is 1. The largest absolute Gasteiger partial charge is 0.395 e. The van der Waals surface area contributed by atoms with E-state index >= 15 is 0 Å². The summed E-state index contributed by atoms with van der Waals surface area (Å²) in [4.78, 5) is 16.7. The van der Waals surface area contributed by atoms with Crippen molar-refractivity contribution >= 4 is 16.9 Å². The molecular weight excluding hydrogens is 359 g/mol. The summed E-state index contributed by atoms with van der Waals surface area (Å²) in [7, 11) is 0. The first-order valence-electron chi connectivity index (χ1n) is 8.76. The van der Waals surface area contributed by atoms with Crippen molar-refractivity contribution in [3.8, 4) is 22.5 Å². The van der Waals surface area contributed by atoms with Crippen LogP contribution in [0.5, 0.6) is 0 Å². The number of aliphatic hydroxyl groups is 1. The maximum atomic E-state index is 13.2. The maximum absolute atomic E-state index is 13.2. The predicted molar refractivity (Wildman–Crippen MR) is 104 cm³/mol. The standard InChI is InChI=1S/C21H17FN4O2/c22-16-6-4-13(5-7-16)19-17-8-9-18(24-20(17)26-25-19)14-2-1-3-15(12-14)21(28)23-10-11-27/h1-9,12,27H,10-11H2,(H,23,28)(H,24,25,26). The summed E-state index contributed by atoms with van der Waals surface area (Å²) in [6.45, 7) is 0.0892. The van der Waals surface area contributed by atoms with E-state index in [0.717, 1.165) is 22.2 Å². The summed E-state index contributed by atoms with van der Waals surface area (Å²) in [5.41, 5.74) is 4.08. The van der Waals surface area contributed by atoms with Gasteiger partial charge in [-0.3, -0.25) is 9.89 Å². The van der Waals surface area contributed by atoms with Crippen LogP contribution in [0.4, 0.5) is 4.39 Å². The fraction of sp³-hybridized carbons (Fsp3) is 0.0952. The van der Waals surface area contributed by atoms with Crippen molar-refractivity contribution in [1.29, 1.82) is 0 Å². The van der Waals surface area contributed by atoms with Crippen LogP contribution in [0.1, 0.15) is 10.4 Å². The van der Waals surface area contributed by atoms with Crippen molar-refractivity contribution in [1.82, 2.24) is 20.5 Å². The number of aliphatic hydroxyl groups excluding tert-OH is 1. The Hall–Kier alpha value is -3.58. The Labute approximate surface area is 160 Å². The lowest BCUT2D eigenvalue weighted by atomic mass is 10.1. The lowest BCUT2D eigenvalue weighted by Crippen LogP contribution is -2.26. The molecule has 0 radical (unpaired) electrons. The molecular formula is C21H17FN4O2. The zero-order chi connectivity index (χ0) is 19.5. The minimum absolute atomic E-state index is 0.112. The van der Waals surface area contributed by atoms with Gasteiger partial charge in [-0.05, 0) is 48.5 Å². The summed E-state index contributed by atoms with van der Waals surface area (Å²) in [6.07, 6.45) is 0. The summed E-state index contributed by atoms with van der Waals surface area (Å²) >= 11 is 0. The lowest BCUT2D eigenvalue weighted by Gasteiger charge is -2.06. The van der Waals surface area contributed by atoms with Gasteiger partial charge in [-0.1, -0.05) is 12.1 Å². The molecule has 2 aromatic carbocycles. The third-order valence-corrected chi connectivity index (χ3v) is 4.37. The maximum Gasteiger partial charge on any atom is 0.251 e. The Morgan fingerprint density at radius 3 is 2.68 bits per heavy atom. The van der Waals surface area contributed by atoms with Gasteiger partial charge in [-0.25, -0.2) is 9.37 Å². The van der Waals surface area contributed by atoms with Gasteiger partial charge < -0.3 is 10.4 Å². The molecule has 3 N–H and O–H groups in total. The molecule has 0 aliphatic carbocycles. The highest BCUT2D eigenvalue weighted by Gasteiger charge is 2.12. The van der Waals surface area contributed by atoms with Crippen LogP contribution in [0.15, 0.2) is 60.7 Å². The Balaban J connectivity index is 1.67. The van der Waals surface area contributed by atoms with E-state index < -0.39 is 0 Å². The molecule has 28 heavy (non-hydrogen) atoms. The van der Waals surface area contributed by atoms with E-state index in [9.17, 15) is 9.18 Å². The highest BCUT2D eigenvalue weighted by atomic mass is 19.1. The minimum atomic E-state index is -0.295. The van der Waals surface area contributed by atoms with E-state index in [1.54, 1.807) is 30.3 Å². The second kappa shape index (κ2) is 7.58. The topological polar surface area (TPSA) is 90.9 Å². The first kappa shape index (κ1) is 17.8. The number of hydrogen-bond acceptors (Lipinski definition) is 4. The number of H-pyrrole nitrogens is 1. The van der Waals surface area contributed by atoms with Crippen LogP contribution in [0.2, 0.25) is 0 Å². The number of fused-ring (bicyclic) bond motifs is 1. The second-order valence-corrected chi connectivity index (χ2v) is 6.23. The van der Waals surface area contributed by atoms with Gasteiger partial charge in [0.1, 0.15) is 5.82 Å². The first-order chi connectivity index (χ1) is 13.7. The zero-order valence-electron chi connectivity index (χ0n) is 14.8. The van der Waals surface area contributed by atoms with Gasteiger partial charge in [0, 0.05) is 28.6 Å². The Morgan fingerprint density at radius 1 is 1.07 bits per heavy atom. The van der Waals surface area contributed by atoms with Crippen LogP contribution in [-0.4, -0.2) is 39.3 Å². The van der Waals surface area contributed by atoms with Crippen molar-refractivity contribution in [2.24, 2.45) is 0 Å². The summed E-state index contributed by atoms with van der Waals surface area (Å²) < 4.78 is 13.2. The average Bonchev–Trinajstić information content (AvgIpc) is 3.16. The number of pyridine rings is 1. The van der Waals surface area contributed by atoms with Crippen LogP contribution in [0.3, 0.4) is 0 Å². The van der Waals surface area contributed by atoms with Crippen LogP contribution in [-0.2, 0) is 0 Å². The molecule has 0 unspecified atom stereocenters. The molecule has 0 saturated carbocycles. The number of aromatic nitrogens is 3. The Morgan fingerprint density at radius 2 is 1.89 bits per heavy atom. The highest BCUT2D eigenvalue weighted by Crippen LogP contribution is 2.28. The molecule has 0 aliphatic heterocycles. The van der Waals surface area contributed by atoms with Crippen LogP contribution in [0.25, 0.3) is 33.5 Å². The Bertz CT molecular complexity index is 1140. The van der Waals surface area contributed by atoms with Gasteiger partial charge in [0.05, 0.1) is 18.0 Å². The number of benzene rings is 2. The summed E-state index contributed by atoms with van der Waals surface area (Å²) in [5, 5.41) is 19.5. The normalized spacial score (nSPS) is 10.9. The SMILES string of the molecule is O=C(NCCO)c1cccc(-c2ccc3c(-c4ccc(F)cc4)[nH]nc3n2)c1. The van der Waals surface area contributed by atoms with Gasteiger partial charge in [0.2, 0.25) is 0 Å². The monoisotopic (exact) mass is 376 g/mol. The van der Waals surface area contributed by atoms with Gasteiger partial charge in [-0.15, -0.1) is 0 Å². The van der Waals surface area contributed by atoms with E-state index in [1.807, 2.05) is 18.2 Å². The lowest BCUT2D eigenvalue weighted by molar-refractivity contribution is 0.0945. The van der Waals surface area contributed by atoms with Gasteiger partial charge >= 0.3 is 0 Å². The molecule has 1 amide bonds. The smallest absolute Gasteiger partial charge is 0.251 e. The molecule has 0 atom stereocenters. The number of halogens is 1. The molecule has 2 heterocycles. The molecule has 4 rings (SSSR count). The molecule has 0 aliphatic rings. The van der Waals surface area contributed by atoms with Crippen molar-refractivity contribution in [2.45, 2.75) is 0 Å². The van der Waals surface area contributed by atoms with Crippen molar-refractivity contribution in [3.05, 3.63) is 72.0 Å². The van der Waals surface area contributed by atoms with E-state index in [1.165, 1.54) is 12.1 Å². The van der Waals surface area contributed by atoms with Crippen LogP contribution in [0, 0.1) is 5.82 Å². The molecule has 2 aromatic heterocycles. The molecule has 7 heteroatoms. The molecule has 0 spiro atoms. The van der Waals surface area contributed by atoms with Crippen LogP contribution < -0.4 is 5.32 Å². The van der Waals surface area contributed by atoms with Crippen LogP contribution >= 0.6 is 0 Å². The average molecular weight is 376 g/mol. The number of amides is 1. The molecule has 0 fully saturated rings. The molecule has 140 valence electrons. The Kier molecular flexibility index (Phi) is 4.82. The van der Waals surface area contributed by atoms with Gasteiger partial charge in [0.15, 0.2) is 5.65 Å². The van der Waals surface area contributed by atoms with E-state index in [2.05, 4.69) is 20.5 Å². The third kappa shape index (κ3) is 3.47. The number of carbonyl (C=O) groups excluding carboxylic acids is 1. The zero-order valence-corrected chi connectivity index (χ0v) is 14.8. The van der Waals surface area contributed by atoms with E-state index in [-0.39, 0.29) is 24.9 Å². The van der Waals surface area contributed by atoms with Gasteiger partial charge in [0.25, 0.3) is 5.91 Å². The predicted octanol–water partition coefficient (Wildman–Crippen LogP) is 3.15. The fourth-order valence-electron chi connectivity index (χ4n) is 2.99. The third-order valence-electron chi connectivity index (χ3n) is 4.37. The quantitative estimate of drug-likeness (QED) is 0.499. The molecule has 0 bridgehead atoms. The number of nitrogens with zero attached hydrogens (tertiary/aromatic N) is 2. The summed E-state index contributed by atoms with van der Waals surface area (Å²) in [6, 6.07) is 17.0. The number of aromatic amines is 1. The van der Waals surface area contributed by atoms with Gasteiger partial charge in [-0.2, -0.15) is 5.10 Å².